The number of nitrogens with one attached hydrogen (secondary N) is 1. The maximum absolute atomic E-state index is 12.2. The van der Waals surface area contributed by atoms with E-state index in [4.69, 9.17) is 10.2 Å². The molecule has 0 saturated heterocycles. The van der Waals surface area contributed by atoms with Gasteiger partial charge in [-0.1, -0.05) is 0 Å². The van der Waals surface area contributed by atoms with Crippen LogP contribution in [0.15, 0.2) is 21.6 Å². The van der Waals surface area contributed by atoms with Crippen molar-refractivity contribution in [2.75, 3.05) is 4.72 Å². The van der Waals surface area contributed by atoms with E-state index >= 15 is 0 Å². The Labute approximate surface area is 121 Å². The fourth-order valence-electron chi connectivity index (χ4n) is 2.17. The van der Waals surface area contributed by atoms with E-state index in [-0.39, 0.29) is 11.6 Å². The quantitative estimate of drug-likeness (QED) is 0.898. The molecule has 0 spiro atoms. The number of anilines is 1. The fraction of sp³-hybridized carbons (Fsp3) is 0.417. The summed E-state index contributed by atoms with van der Waals surface area (Å²) in [5, 5.41) is 0.272. The van der Waals surface area contributed by atoms with E-state index in [1.54, 1.807) is 6.07 Å². The molecule has 0 bridgehead atoms. The summed E-state index contributed by atoms with van der Waals surface area (Å²) in [7, 11) is -3.73. The molecule has 0 fully saturated rings. The number of rotatable bonds is 4. The zero-order chi connectivity index (χ0) is 14.2. The first kappa shape index (κ1) is 13.6. The molecular weight excluding hydrogens is 298 g/mol. The highest BCUT2D eigenvalue weighted by Crippen LogP contribution is 2.30. The number of aryl methyl sites for hydroxylation is 2. The molecule has 0 radical (unpaired) electrons. The lowest BCUT2D eigenvalue weighted by Crippen LogP contribution is -2.12. The van der Waals surface area contributed by atoms with Gasteiger partial charge in [0.25, 0.3) is 10.0 Å². The van der Waals surface area contributed by atoms with Gasteiger partial charge >= 0.3 is 0 Å². The summed E-state index contributed by atoms with van der Waals surface area (Å²) in [6.07, 6.45) is 4.15. The van der Waals surface area contributed by atoms with Crippen LogP contribution < -0.4 is 10.5 Å². The highest BCUT2D eigenvalue weighted by Gasteiger charge is 2.22. The molecule has 1 aliphatic rings. The number of hydrogen-bond acceptors (Lipinski definition) is 6. The Bertz CT molecular complexity index is 695. The number of nitrogens with zero attached hydrogens (tertiary/aromatic N) is 1. The van der Waals surface area contributed by atoms with Gasteiger partial charge < -0.3 is 10.2 Å². The first-order valence-corrected chi connectivity index (χ1v) is 8.68. The number of thiazole rings is 1. The summed E-state index contributed by atoms with van der Waals surface area (Å²) in [4.78, 5) is 5.53. The highest BCUT2D eigenvalue weighted by molar-refractivity contribution is 7.92. The zero-order valence-corrected chi connectivity index (χ0v) is 12.4. The van der Waals surface area contributed by atoms with Crippen molar-refractivity contribution in [2.24, 2.45) is 5.73 Å². The largest absolute Gasteiger partial charge is 0.446 e. The number of hydrogen-bond donors (Lipinski definition) is 2. The number of nitrogens with two attached hydrogens (primary N) is 1. The van der Waals surface area contributed by atoms with Crippen LogP contribution in [-0.4, -0.2) is 13.4 Å². The van der Waals surface area contributed by atoms with Crippen molar-refractivity contribution in [1.82, 2.24) is 4.98 Å². The van der Waals surface area contributed by atoms with E-state index in [9.17, 15) is 8.42 Å². The third kappa shape index (κ3) is 2.58. The second kappa shape index (κ2) is 5.19. The molecule has 8 heteroatoms. The van der Waals surface area contributed by atoms with Crippen molar-refractivity contribution in [3.63, 3.8) is 0 Å². The summed E-state index contributed by atoms with van der Waals surface area (Å²) >= 11 is 1.40. The fourth-order valence-corrected chi connectivity index (χ4v) is 4.41. The molecule has 2 heterocycles. The first-order valence-electron chi connectivity index (χ1n) is 6.38. The van der Waals surface area contributed by atoms with E-state index in [1.807, 2.05) is 0 Å². The lowest BCUT2D eigenvalue weighted by Gasteiger charge is -2.06. The molecule has 1 aliphatic carbocycles. The monoisotopic (exact) mass is 313 g/mol. The average molecular weight is 313 g/mol. The van der Waals surface area contributed by atoms with Gasteiger partial charge in [0.2, 0.25) is 5.09 Å². The third-order valence-corrected chi connectivity index (χ3v) is 5.58. The summed E-state index contributed by atoms with van der Waals surface area (Å²) in [5.41, 5.74) is 6.42. The smallest absolute Gasteiger partial charge is 0.297 e. The molecule has 0 saturated carbocycles. The molecule has 3 N–H and O–H groups in total. The van der Waals surface area contributed by atoms with Crippen molar-refractivity contribution in [3.8, 4) is 0 Å². The van der Waals surface area contributed by atoms with Gasteiger partial charge in [0.1, 0.15) is 5.76 Å². The van der Waals surface area contributed by atoms with Gasteiger partial charge in [0.15, 0.2) is 5.13 Å². The summed E-state index contributed by atoms with van der Waals surface area (Å²) in [6.45, 7) is 0.168. The second-order valence-corrected chi connectivity index (χ2v) is 7.32. The Hall–Kier alpha value is -1.38. The van der Waals surface area contributed by atoms with Crippen molar-refractivity contribution in [1.29, 1.82) is 0 Å². The van der Waals surface area contributed by atoms with Crippen LogP contribution in [0.25, 0.3) is 0 Å². The Kier molecular flexibility index (Phi) is 3.53. The molecule has 2 aromatic rings. The minimum Gasteiger partial charge on any atom is -0.446 e. The van der Waals surface area contributed by atoms with Gasteiger partial charge in [-0.15, -0.1) is 11.3 Å². The van der Waals surface area contributed by atoms with Gasteiger partial charge in [0, 0.05) is 4.88 Å². The maximum atomic E-state index is 12.2. The van der Waals surface area contributed by atoms with Crippen LogP contribution >= 0.6 is 11.3 Å². The molecule has 0 aromatic carbocycles. The standard InChI is InChI=1S/C12H15N3O3S2/c13-7-8-5-6-11(18-8)20(16,17)15-12-14-9-3-1-2-4-10(9)19-12/h5-6H,1-4,7,13H2,(H,14,15). The van der Waals surface area contributed by atoms with Crippen LogP contribution in [0.4, 0.5) is 5.13 Å². The maximum Gasteiger partial charge on any atom is 0.297 e. The predicted octanol–water partition coefficient (Wildman–Crippen LogP) is 1.87. The minimum absolute atomic E-state index is 0.133. The van der Waals surface area contributed by atoms with Crippen LogP contribution in [0.3, 0.4) is 0 Å². The van der Waals surface area contributed by atoms with E-state index < -0.39 is 10.0 Å². The van der Waals surface area contributed by atoms with Gasteiger partial charge in [-0.25, -0.2) is 4.98 Å². The minimum atomic E-state index is -3.73. The van der Waals surface area contributed by atoms with E-state index in [0.717, 1.165) is 31.4 Å². The Morgan fingerprint density at radius 2 is 2.15 bits per heavy atom. The molecule has 108 valence electrons. The van der Waals surface area contributed by atoms with Gasteiger partial charge in [0.05, 0.1) is 12.2 Å². The lowest BCUT2D eigenvalue weighted by molar-refractivity contribution is 0.417. The number of sulfonamides is 1. The van der Waals surface area contributed by atoms with Crippen molar-refractivity contribution < 1.29 is 12.8 Å². The van der Waals surface area contributed by atoms with E-state index in [1.165, 1.54) is 22.3 Å². The number of aromatic nitrogens is 1. The van der Waals surface area contributed by atoms with Crippen LogP contribution in [-0.2, 0) is 29.4 Å². The van der Waals surface area contributed by atoms with Crippen LogP contribution in [0.2, 0.25) is 0 Å². The Balaban J connectivity index is 1.84. The van der Waals surface area contributed by atoms with E-state index in [0.29, 0.717) is 10.9 Å². The summed E-state index contributed by atoms with van der Waals surface area (Å²) in [6, 6.07) is 2.96. The van der Waals surface area contributed by atoms with Gasteiger partial charge in [-0.3, -0.25) is 4.72 Å². The number of furan rings is 1. The summed E-state index contributed by atoms with van der Waals surface area (Å²) < 4.78 is 32.0. The van der Waals surface area contributed by atoms with Crippen LogP contribution in [0.5, 0.6) is 0 Å². The summed E-state index contributed by atoms with van der Waals surface area (Å²) in [5.74, 6) is 0.434. The first-order chi connectivity index (χ1) is 9.58. The molecule has 3 rings (SSSR count). The van der Waals surface area contributed by atoms with Gasteiger partial charge in [-0.05, 0) is 37.8 Å². The van der Waals surface area contributed by atoms with Crippen LogP contribution in [0, 0.1) is 0 Å². The molecular formula is C12H15N3O3S2. The topological polar surface area (TPSA) is 98.2 Å². The average Bonchev–Trinajstić information content (AvgIpc) is 3.04. The molecule has 20 heavy (non-hydrogen) atoms. The van der Waals surface area contributed by atoms with Crippen LogP contribution in [0.1, 0.15) is 29.2 Å². The van der Waals surface area contributed by atoms with Gasteiger partial charge in [-0.2, -0.15) is 8.42 Å². The normalized spacial score (nSPS) is 15.1. The van der Waals surface area contributed by atoms with Crippen molar-refractivity contribution in [3.05, 3.63) is 28.5 Å². The second-order valence-electron chi connectivity index (χ2n) is 4.63. The molecule has 0 atom stereocenters. The molecule has 0 aliphatic heterocycles. The SMILES string of the molecule is NCc1ccc(S(=O)(=O)Nc2nc3c(s2)CCCC3)o1. The zero-order valence-electron chi connectivity index (χ0n) is 10.8. The molecule has 2 aromatic heterocycles. The Morgan fingerprint density at radius 3 is 2.85 bits per heavy atom. The van der Waals surface area contributed by atoms with Crippen molar-refractivity contribution >= 4 is 26.5 Å². The Morgan fingerprint density at radius 1 is 1.35 bits per heavy atom. The van der Waals surface area contributed by atoms with Crippen molar-refractivity contribution in [2.45, 2.75) is 37.3 Å². The molecule has 0 amide bonds. The highest BCUT2D eigenvalue weighted by atomic mass is 32.2. The molecule has 6 nitrogen and oxygen atoms in total. The lowest BCUT2D eigenvalue weighted by atomic mass is 10.0. The number of fused-ring (bicyclic) bond motifs is 1. The third-order valence-electron chi connectivity index (χ3n) is 3.17. The predicted molar refractivity (Wildman–Crippen MR) is 76.2 cm³/mol. The van der Waals surface area contributed by atoms with E-state index in [2.05, 4.69) is 9.71 Å². The molecule has 0 unspecified atom stereocenters.